The second kappa shape index (κ2) is 6.88. The fourth-order valence-electron chi connectivity index (χ4n) is 3.14. The summed E-state index contributed by atoms with van der Waals surface area (Å²) >= 11 is 0. The fourth-order valence-corrected chi connectivity index (χ4v) is 3.14. The lowest BCUT2D eigenvalue weighted by atomic mass is 10.0. The second-order valence-corrected chi connectivity index (χ2v) is 6.28. The number of aromatic nitrogens is 2. The number of H-pyrrole nitrogens is 1. The van der Waals surface area contributed by atoms with E-state index in [4.69, 9.17) is 4.52 Å². The number of para-hydroxylation sites is 1. The summed E-state index contributed by atoms with van der Waals surface area (Å²) in [5.41, 5.74) is 4.88. The molecule has 2 aromatic carbocycles. The molecule has 0 spiro atoms. The van der Waals surface area contributed by atoms with Crippen molar-refractivity contribution in [3.63, 3.8) is 0 Å². The molecule has 0 aliphatic heterocycles. The number of nitrogens with zero attached hydrogens (tertiary/aromatic N) is 1. The van der Waals surface area contributed by atoms with E-state index in [1.54, 1.807) is 0 Å². The van der Waals surface area contributed by atoms with Crippen molar-refractivity contribution in [1.29, 1.82) is 0 Å². The summed E-state index contributed by atoms with van der Waals surface area (Å²) in [7, 11) is 0. The van der Waals surface area contributed by atoms with Crippen molar-refractivity contribution in [3.8, 4) is 11.3 Å². The molecule has 0 bridgehead atoms. The third kappa shape index (κ3) is 3.24. The molecule has 0 unspecified atom stereocenters. The van der Waals surface area contributed by atoms with Crippen LogP contribution in [0.1, 0.15) is 17.0 Å². The summed E-state index contributed by atoms with van der Waals surface area (Å²) in [5.74, 6) is 0.596. The van der Waals surface area contributed by atoms with Crippen molar-refractivity contribution in [2.45, 2.75) is 19.9 Å². The lowest BCUT2D eigenvalue weighted by Gasteiger charge is -2.06. The Kier molecular flexibility index (Phi) is 4.27. The molecule has 26 heavy (non-hydrogen) atoms. The third-order valence-electron chi connectivity index (χ3n) is 4.35. The first-order chi connectivity index (χ1) is 12.7. The lowest BCUT2D eigenvalue weighted by molar-refractivity contribution is -0.120. The standard InChI is InChI=1S/C21H19N3O2/c1-14-11-16(26-24-14)13-22-20(25)12-18-17-9-5-6-10-19(17)23-21(18)15-7-3-2-4-8-15/h2-11,23H,12-13H2,1H3,(H,22,25). The third-order valence-corrected chi connectivity index (χ3v) is 4.35. The van der Waals surface area contributed by atoms with E-state index in [1.165, 1.54) is 0 Å². The SMILES string of the molecule is Cc1cc(CNC(=O)Cc2c(-c3ccccc3)[nH]c3ccccc23)on1. The molecule has 0 aliphatic carbocycles. The number of amides is 1. The monoisotopic (exact) mass is 345 g/mol. The molecule has 2 N–H and O–H groups in total. The maximum absolute atomic E-state index is 12.5. The number of carbonyl (C=O) groups is 1. The normalized spacial score (nSPS) is 11.0. The predicted molar refractivity (Wildman–Crippen MR) is 101 cm³/mol. The first-order valence-corrected chi connectivity index (χ1v) is 8.54. The van der Waals surface area contributed by atoms with Crippen LogP contribution in [0.25, 0.3) is 22.2 Å². The van der Waals surface area contributed by atoms with Crippen LogP contribution < -0.4 is 5.32 Å². The predicted octanol–water partition coefficient (Wildman–Crippen LogP) is 3.99. The molecule has 0 aliphatic rings. The number of hydrogen-bond donors (Lipinski definition) is 2. The van der Waals surface area contributed by atoms with Gasteiger partial charge in [0.25, 0.3) is 0 Å². The molecule has 0 atom stereocenters. The number of fused-ring (bicyclic) bond motifs is 1. The molecule has 130 valence electrons. The van der Waals surface area contributed by atoms with Crippen molar-refractivity contribution >= 4 is 16.8 Å². The molecule has 4 rings (SSSR count). The van der Waals surface area contributed by atoms with E-state index in [2.05, 4.69) is 15.5 Å². The average Bonchev–Trinajstić information content (AvgIpc) is 3.25. The summed E-state index contributed by atoms with van der Waals surface area (Å²) in [5, 5.41) is 7.81. The van der Waals surface area contributed by atoms with Gasteiger partial charge in [0.1, 0.15) is 0 Å². The smallest absolute Gasteiger partial charge is 0.224 e. The Morgan fingerprint density at radius 1 is 1.12 bits per heavy atom. The Labute approximate surface area is 151 Å². The van der Waals surface area contributed by atoms with Crippen LogP contribution in [-0.2, 0) is 17.8 Å². The summed E-state index contributed by atoms with van der Waals surface area (Å²) in [6.07, 6.45) is 0.293. The zero-order valence-corrected chi connectivity index (χ0v) is 14.5. The van der Waals surface area contributed by atoms with Crippen LogP contribution in [-0.4, -0.2) is 16.0 Å². The highest BCUT2D eigenvalue weighted by Crippen LogP contribution is 2.30. The van der Waals surface area contributed by atoms with Crippen LogP contribution in [0.3, 0.4) is 0 Å². The molecule has 0 fully saturated rings. The van der Waals surface area contributed by atoms with E-state index >= 15 is 0 Å². The largest absolute Gasteiger partial charge is 0.359 e. The zero-order valence-electron chi connectivity index (χ0n) is 14.5. The van der Waals surface area contributed by atoms with E-state index in [-0.39, 0.29) is 5.91 Å². The minimum atomic E-state index is -0.0546. The highest BCUT2D eigenvalue weighted by atomic mass is 16.5. The van der Waals surface area contributed by atoms with Crippen molar-refractivity contribution in [2.75, 3.05) is 0 Å². The number of rotatable bonds is 5. The second-order valence-electron chi connectivity index (χ2n) is 6.28. The Balaban J connectivity index is 1.61. The van der Waals surface area contributed by atoms with Crippen molar-refractivity contribution in [1.82, 2.24) is 15.5 Å². The molecule has 1 amide bonds. The van der Waals surface area contributed by atoms with Crippen LogP contribution in [0.5, 0.6) is 0 Å². The van der Waals surface area contributed by atoms with Gasteiger partial charge in [0.05, 0.1) is 24.4 Å². The molecule has 0 saturated carbocycles. The van der Waals surface area contributed by atoms with E-state index in [0.29, 0.717) is 18.7 Å². The van der Waals surface area contributed by atoms with Gasteiger partial charge in [-0.05, 0) is 24.1 Å². The fraction of sp³-hybridized carbons (Fsp3) is 0.143. The highest BCUT2D eigenvalue weighted by molar-refractivity contribution is 5.95. The maximum Gasteiger partial charge on any atom is 0.224 e. The van der Waals surface area contributed by atoms with Gasteiger partial charge >= 0.3 is 0 Å². The summed E-state index contributed by atoms with van der Waals surface area (Å²) < 4.78 is 5.14. The van der Waals surface area contributed by atoms with E-state index in [9.17, 15) is 4.79 Å². The highest BCUT2D eigenvalue weighted by Gasteiger charge is 2.16. The maximum atomic E-state index is 12.5. The molecule has 0 saturated heterocycles. The Hall–Kier alpha value is -3.34. The summed E-state index contributed by atoms with van der Waals surface area (Å²) in [4.78, 5) is 16.0. The molecule has 4 aromatic rings. The number of carbonyl (C=O) groups excluding carboxylic acids is 1. The zero-order chi connectivity index (χ0) is 17.9. The molecule has 2 aromatic heterocycles. The van der Waals surface area contributed by atoms with Crippen molar-refractivity contribution in [2.24, 2.45) is 0 Å². The number of aryl methyl sites for hydroxylation is 1. The molecule has 5 nitrogen and oxygen atoms in total. The van der Waals surface area contributed by atoms with Crippen molar-refractivity contribution < 1.29 is 9.32 Å². The summed E-state index contributed by atoms with van der Waals surface area (Å²) in [6, 6.07) is 19.9. The average molecular weight is 345 g/mol. The molecule has 0 radical (unpaired) electrons. The number of benzene rings is 2. The van der Waals surface area contributed by atoms with Gasteiger partial charge in [0.15, 0.2) is 5.76 Å². The van der Waals surface area contributed by atoms with Crippen LogP contribution in [0.15, 0.2) is 65.2 Å². The van der Waals surface area contributed by atoms with Gasteiger partial charge in [-0.25, -0.2) is 0 Å². The number of nitrogens with one attached hydrogen (secondary N) is 2. The topological polar surface area (TPSA) is 70.9 Å². The molecular weight excluding hydrogens is 326 g/mol. The van der Waals surface area contributed by atoms with Crippen LogP contribution in [0.4, 0.5) is 0 Å². The lowest BCUT2D eigenvalue weighted by Crippen LogP contribution is -2.24. The van der Waals surface area contributed by atoms with Crippen molar-refractivity contribution in [3.05, 3.63) is 77.7 Å². The summed E-state index contributed by atoms with van der Waals surface area (Å²) in [6.45, 7) is 2.19. The van der Waals surface area contributed by atoms with Gasteiger partial charge < -0.3 is 14.8 Å². The van der Waals surface area contributed by atoms with Gasteiger partial charge in [-0.3, -0.25) is 4.79 Å². The van der Waals surface area contributed by atoms with Gasteiger partial charge in [-0.1, -0.05) is 53.7 Å². The first-order valence-electron chi connectivity index (χ1n) is 8.54. The first kappa shape index (κ1) is 16.1. The minimum absolute atomic E-state index is 0.0546. The molecular formula is C21H19N3O2. The molecule has 5 heteroatoms. The van der Waals surface area contributed by atoms with Gasteiger partial charge in [-0.15, -0.1) is 0 Å². The van der Waals surface area contributed by atoms with E-state index in [0.717, 1.165) is 33.4 Å². The quantitative estimate of drug-likeness (QED) is 0.574. The number of aromatic amines is 1. The van der Waals surface area contributed by atoms with E-state index in [1.807, 2.05) is 67.6 Å². The van der Waals surface area contributed by atoms with Crippen LogP contribution in [0.2, 0.25) is 0 Å². The van der Waals surface area contributed by atoms with Gasteiger partial charge in [0.2, 0.25) is 5.91 Å². The van der Waals surface area contributed by atoms with Crippen LogP contribution >= 0.6 is 0 Å². The molecule has 2 heterocycles. The van der Waals surface area contributed by atoms with Gasteiger partial charge in [-0.2, -0.15) is 0 Å². The van der Waals surface area contributed by atoms with Gasteiger partial charge in [0, 0.05) is 17.0 Å². The minimum Gasteiger partial charge on any atom is -0.359 e. The Bertz CT molecular complexity index is 1050. The number of hydrogen-bond acceptors (Lipinski definition) is 3. The Morgan fingerprint density at radius 2 is 1.88 bits per heavy atom. The van der Waals surface area contributed by atoms with E-state index < -0.39 is 0 Å². The Morgan fingerprint density at radius 3 is 2.65 bits per heavy atom. The van der Waals surface area contributed by atoms with Crippen LogP contribution in [0, 0.1) is 6.92 Å².